The summed E-state index contributed by atoms with van der Waals surface area (Å²) in [7, 11) is 0. The van der Waals surface area contributed by atoms with Crippen LogP contribution < -0.4 is 10.6 Å². The van der Waals surface area contributed by atoms with E-state index < -0.39 is 0 Å². The molecule has 0 aliphatic heterocycles. The number of carbonyl (C=O) groups excluding carboxylic acids is 1. The summed E-state index contributed by atoms with van der Waals surface area (Å²) in [4.78, 5) is 12.6. The number of thiophene rings is 1. The fourth-order valence-electron chi connectivity index (χ4n) is 1.24. The molecule has 0 saturated carbocycles. The van der Waals surface area contributed by atoms with Gasteiger partial charge in [0, 0.05) is 17.3 Å². The Bertz CT molecular complexity index is 314. The van der Waals surface area contributed by atoms with Crippen molar-refractivity contribution in [1.29, 1.82) is 0 Å². The normalized spacial score (nSPS) is 14.2. The van der Waals surface area contributed by atoms with Gasteiger partial charge in [-0.15, -0.1) is 11.3 Å². The van der Waals surface area contributed by atoms with E-state index in [-0.39, 0.29) is 18.7 Å². The minimum Gasteiger partial charge on any atom is -0.394 e. The number of aliphatic hydroxyl groups excluding tert-OH is 1. The van der Waals surface area contributed by atoms with Crippen molar-refractivity contribution in [3.63, 3.8) is 0 Å². The Kier molecular flexibility index (Phi) is 5.28. The molecule has 90 valence electrons. The van der Waals surface area contributed by atoms with E-state index in [1.807, 2.05) is 11.4 Å². The van der Waals surface area contributed by atoms with E-state index in [9.17, 15) is 4.79 Å². The first-order chi connectivity index (χ1) is 7.63. The molecule has 2 unspecified atom stereocenters. The number of rotatable bonds is 5. The van der Waals surface area contributed by atoms with Crippen LogP contribution in [0.2, 0.25) is 0 Å². The van der Waals surface area contributed by atoms with E-state index in [2.05, 4.69) is 23.6 Å². The van der Waals surface area contributed by atoms with Gasteiger partial charge in [-0.05, 0) is 18.4 Å². The van der Waals surface area contributed by atoms with Gasteiger partial charge in [-0.3, -0.25) is 0 Å². The van der Waals surface area contributed by atoms with Crippen molar-refractivity contribution in [2.45, 2.75) is 25.8 Å². The molecule has 0 bridgehead atoms. The Hall–Kier alpha value is -1.07. The van der Waals surface area contributed by atoms with E-state index >= 15 is 0 Å². The summed E-state index contributed by atoms with van der Waals surface area (Å²) in [5.74, 6) is 0.315. The molecule has 1 aromatic rings. The molecule has 3 N–H and O–H groups in total. The largest absolute Gasteiger partial charge is 0.394 e. The maximum atomic E-state index is 11.4. The van der Waals surface area contributed by atoms with Crippen molar-refractivity contribution >= 4 is 17.4 Å². The summed E-state index contributed by atoms with van der Waals surface area (Å²) in [6, 6.07) is 3.62. The second-order valence-corrected chi connectivity index (χ2v) is 4.83. The Morgan fingerprint density at radius 1 is 1.56 bits per heavy atom. The maximum absolute atomic E-state index is 11.4. The highest BCUT2D eigenvalue weighted by Gasteiger charge is 2.09. The number of hydrogen-bond acceptors (Lipinski definition) is 3. The lowest BCUT2D eigenvalue weighted by Crippen LogP contribution is -2.43. The number of amides is 2. The third kappa shape index (κ3) is 4.20. The summed E-state index contributed by atoms with van der Waals surface area (Å²) >= 11 is 1.69. The van der Waals surface area contributed by atoms with Crippen LogP contribution in [-0.4, -0.2) is 30.3 Å². The van der Waals surface area contributed by atoms with E-state index in [4.69, 9.17) is 5.11 Å². The SMILES string of the molecule is CC(CO)NC(=O)NCC(C)c1cccs1. The van der Waals surface area contributed by atoms with E-state index in [0.717, 1.165) is 0 Å². The smallest absolute Gasteiger partial charge is 0.315 e. The number of nitrogens with one attached hydrogen (secondary N) is 2. The highest BCUT2D eigenvalue weighted by atomic mass is 32.1. The molecule has 4 nitrogen and oxygen atoms in total. The first-order valence-corrected chi connectivity index (χ1v) is 6.20. The van der Waals surface area contributed by atoms with Crippen molar-refractivity contribution in [2.24, 2.45) is 0 Å². The lowest BCUT2D eigenvalue weighted by atomic mass is 10.1. The Morgan fingerprint density at radius 2 is 2.31 bits per heavy atom. The average molecular weight is 242 g/mol. The first-order valence-electron chi connectivity index (χ1n) is 5.32. The van der Waals surface area contributed by atoms with E-state index in [1.165, 1.54) is 4.88 Å². The van der Waals surface area contributed by atoms with Gasteiger partial charge >= 0.3 is 6.03 Å². The average Bonchev–Trinajstić information content (AvgIpc) is 2.79. The van der Waals surface area contributed by atoms with Gasteiger partial charge in [0.1, 0.15) is 0 Å². The number of urea groups is 1. The Balaban J connectivity index is 2.26. The van der Waals surface area contributed by atoms with Crippen LogP contribution in [-0.2, 0) is 0 Å². The highest BCUT2D eigenvalue weighted by Crippen LogP contribution is 2.19. The summed E-state index contributed by atoms with van der Waals surface area (Å²) < 4.78 is 0. The van der Waals surface area contributed by atoms with Crippen LogP contribution in [0.15, 0.2) is 17.5 Å². The molecule has 0 saturated heterocycles. The minimum absolute atomic E-state index is 0.0477. The molecule has 0 aliphatic rings. The molecule has 1 aromatic heterocycles. The molecule has 0 aliphatic carbocycles. The molecule has 2 atom stereocenters. The molecule has 2 amide bonds. The topological polar surface area (TPSA) is 61.4 Å². The summed E-state index contributed by atoms with van der Waals surface area (Å²) in [5.41, 5.74) is 0. The van der Waals surface area contributed by atoms with Crippen molar-refractivity contribution in [3.05, 3.63) is 22.4 Å². The monoisotopic (exact) mass is 242 g/mol. The molecular formula is C11H18N2O2S. The van der Waals surface area contributed by atoms with Crippen molar-refractivity contribution in [1.82, 2.24) is 10.6 Å². The van der Waals surface area contributed by atoms with Gasteiger partial charge in [0.15, 0.2) is 0 Å². The van der Waals surface area contributed by atoms with Crippen molar-refractivity contribution in [2.75, 3.05) is 13.2 Å². The molecule has 1 rings (SSSR count). The van der Waals surface area contributed by atoms with Gasteiger partial charge in [-0.25, -0.2) is 4.79 Å². The van der Waals surface area contributed by atoms with Crippen molar-refractivity contribution < 1.29 is 9.90 Å². The highest BCUT2D eigenvalue weighted by molar-refractivity contribution is 7.10. The summed E-state index contributed by atoms with van der Waals surface area (Å²) in [5, 5.41) is 16.2. The third-order valence-electron chi connectivity index (χ3n) is 2.25. The third-order valence-corrected chi connectivity index (χ3v) is 3.35. The van der Waals surface area contributed by atoms with Gasteiger partial charge in [-0.2, -0.15) is 0 Å². The lowest BCUT2D eigenvalue weighted by Gasteiger charge is -2.14. The Morgan fingerprint density at radius 3 is 2.88 bits per heavy atom. The van der Waals surface area contributed by atoms with Gasteiger partial charge in [-0.1, -0.05) is 13.0 Å². The Labute approximate surface area is 99.7 Å². The zero-order valence-electron chi connectivity index (χ0n) is 9.56. The standard InChI is InChI=1S/C11H18N2O2S/c1-8(10-4-3-5-16-10)6-12-11(15)13-9(2)7-14/h3-5,8-9,14H,6-7H2,1-2H3,(H2,12,13,15). The molecule has 5 heteroatoms. The fourth-order valence-corrected chi connectivity index (χ4v) is 2.03. The predicted molar refractivity (Wildman–Crippen MR) is 65.8 cm³/mol. The number of aliphatic hydroxyl groups is 1. The molecule has 16 heavy (non-hydrogen) atoms. The van der Waals surface area contributed by atoms with Crippen LogP contribution in [0.5, 0.6) is 0 Å². The van der Waals surface area contributed by atoms with Crippen molar-refractivity contribution in [3.8, 4) is 0 Å². The van der Waals surface area contributed by atoms with E-state index in [1.54, 1.807) is 18.3 Å². The quantitative estimate of drug-likeness (QED) is 0.733. The molecule has 0 aromatic carbocycles. The van der Waals surface area contributed by atoms with Gasteiger partial charge in [0.25, 0.3) is 0 Å². The van der Waals surface area contributed by atoms with Crippen LogP contribution in [0, 0.1) is 0 Å². The lowest BCUT2D eigenvalue weighted by molar-refractivity contribution is 0.220. The van der Waals surface area contributed by atoms with E-state index in [0.29, 0.717) is 12.5 Å². The maximum Gasteiger partial charge on any atom is 0.315 e. The molecule has 0 fully saturated rings. The molecular weight excluding hydrogens is 224 g/mol. The second-order valence-electron chi connectivity index (χ2n) is 3.85. The molecule has 0 spiro atoms. The fraction of sp³-hybridized carbons (Fsp3) is 0.545. The first kappa shape index (κ1) is 13.0. The predicted octanol–water partition coefficient (Wildman–Crippen LogP) is 1.53. The van der Waals surface area contributed by atoms with Crippen LogP contribution in [0.3, 0.4) is 0 Å². The zero-order valence-corrected chi connectivity index (χ0v) is 10.4. The molecule has 0 radical (unpaired) electrons. The number of hydrogen-bond donors (Lipinski definition) is 3. The molecule has 1 heterocycles. The summed E-state index contributed by atoms with van der Waals surface area (Å²) in [6.07, 6.45) is 0. The minimum atomic E-state index is -0.232. The van der Waals surface area contributed by atoms with Crippen LogP contribution in [0.4, 0.5) is 4.79 Å². The number of carbonyl (C=O) groups is 1. The van der Waals surface area contributed by atoms with Gasteiger partial charge in [0.05, 0.1) is 12.6 Å². The second kappa shape index (κ2) is 6.50. The van der Waals surface area contributed by atoms with Crippen LogP contribution in [0.25, 0.3) is 0 Å². The summed E-state index contributed by atoms with van der Waals surface area (Å²) in [6.45, 7) is 4.38. The van der Waals surface area contributed by atoms with Crippen LogP contribution in [0.1, 0.15) is 24.6 Å². The van der Waals surface area contributed by atoms with Crippen LogP contribution >= 0.6 is 11.3 Å². The van der Waals surface area contributed by atoms with Gasteiger partial charge in [0.2, 0.25) is 0 Å². The van der Waals surface area contributed by atoms with Gasteiger partial charge < -0.3 is 15.7 Å². The zero-order chi connectivity index (χ0) is 12.0.